The van der Waals surface area contributed by atoms with Gasteiger partial charge >= 0.3 is 6.09 Å². The maximum atomic E-state index is 12.6. The zero-order valence-corrected chi connectivity index (χ0v) is 19.7. The van der Waals surface area contributed by atoms with E-state index in [4.69, 9.17) is 14.2 Å². The van der Waals surface area contributed by atoms with Gasteiger partial charge in [0, 0.05) is 38.8 Å². The fourth-order valence-corrected chi connectivity index (χ4v) is 4.42. The van der Waals surface area contributed by atoms with Crippen molar-refractivity contribution in [1.29, 1.82) is 0 Å². The number of ether oxygens (including phenoxy) is 3. The summed E-state index contributed by atoms with van der Waals surface area (Å²) in [5, 5.41) is 0. The first-order valence-corrected chi connectivity index (χ1v) is 11.6. The van der Waals surface area contributed by atoms with Crippen molar-refractivity contribution in [3.05, 3.63) is 0 Å². The fraction of sp³-hybridized carbons (Fsp3) is 0.909. The molecule has 0 aliphatic carbocycles. The molecule has 9 heteroatoms. The van der Waals surface area contributed by atoms with Crippen LogP contribution < -0.4 is 0 Å². The number of hydrogen-bond acceptors (Lipinski definition) is 7. The van der Waals surface area contributed by atoms with E-state index in [1.54, 1.807) is 4.90 Å². The molecule has 3 heterocycles. The van der Waals surface area contributed by atoms with Crippen LogP contribution in [0.4, 0.5) is 4.79 Å². The maximum absolute atomic E-state index is 12.6. The second-order valence-corrected chi connectivity index (χ2v) is 9.87. The van der Waals surface area contributed by atoms with Gasteiger partial charge in [0.15, 0.2) is 0 Å². The molecule has 0 aromatic heterocycles. The van der Waals surface area contributed by atoms with Crippen molar-refractivity contribution in [2.24, 2.45) is 0 Å². The van der Waals surface area contributed by atoms with E-state index in [0.29, 0.717) is 25.8 Å². The summed E-state index contributed by atoms with van der Waals surface area (Å²) in [6, 6.07) is 0.410. The number of rotatable bonds is 5. The Morgan fingerprint density at radius 1 is 1.00 bits per heavy atom. The van der Waals surface area contributed by atoms with Gasteiger partial charge in [-0.2, -0.15) is 0 Å². The molecular formula is C22H40N4O5. The SMILES string of the molecule is CN1CCC(N2CCN(C(=O)COC[C@@H]3COCCN3C(=O)OC(C)(C)C)CC2)CC1. The Balaban J connectivity index is 1.38. The minimum Gasteiger partial charge on any atom is -0.444 e. The maximum Gasteiger partial charge on any atom is 0.410 e. The van der Waals surface area contributed by atoms with Crippen molar-refractivity contribution in [1.82, 2.24) is 19.6 Å². The Labute approximate surface area is 186 Å². The van der Waals surface area contributed by atoms with Gasteiger partial charge < -0.3 is 24.0 Å². The third-order valence-corrected chi connectivity index (χ3v) is 6.26. The molecule has 0 radical (unpaired) electrons. The number of piperidine rings is 1. The summed E-state index contributed by atoms with van der Waals surface area (Å²) >= 11 is 0. The number of hydrogen-bond donors (Lipinski definition) is 0. The van der Waals surface area contributed by atoms with E-state index >= 15 is 0 Å². The van der Waals surface area contributed by atoms with Gasteiger partial charge in [-0.3, -0.25) is 14.6 Å². The van der Waals surface area contributed by atoms with Gasteiger partial charge in [-0.05, 0) is 53.8 Å². The summed E-state index contributed by atoms with van der Waals surface area (Å²) < 4.78 is 16.7. The third-order valence-electron chi connectivity index (χ3n) is 6.26. The standard InChI is InChI=1S/C22H40N4O5/c1-22(2,3)31-21(28)26-13-14-29-15-19(26)16-30-17-20(27)25-11-9-24(10-12-25)18-5-7-23(4)8-6-18/h18-19H,5-17H2,1-4H3/t19-/m0/s1. The molecule has 3 rings (SSSR count). The summed E-state index contributed by atoms with van der Waals surface area (Å²) in [5.41, 5.74) is -0.549. The van der Waals surface area contributed by atoms with Crippen LogP contribution in [0.1, 0.15) is 33.6 Å². The predicted octanol–water partition coefficient (Wildman–Crippen LogP) is 0.877. The number of nitrogens with zero attached hydrogens (tertiary/aromatic N) is 4. The van der Waals surface area contributed by atoms with Crippen molar-refractivity contribution < 1.29 is 23.8 Å². The molecule has 0 unspecified atom stereocenters. The highest BCUT2D eigenvalue weighted by molar-refractivity contribution is 5.77. The van der Waals surface area contributed by atoms with Crippen molar-refractivity contribution in [2.45, 2.75) is 51.3 Å². The Kier molecular flexibility index (Phi) is 8.55. The van der Waals surface area contributed by atoms with Gasteiger partial charge in [-0.25, -0.2) is 4.79 Å². The second kappa shape index (κ2) is 10.9. The fourth-order valence-electron chi connectivity index (χ4n) is 4.42. The molecule has 3 fully saturated rings. The van der Waals surface area contributed by atoms with Gasteiger partial charge in [-0.1, -0.05) is 0 Å². The average Bonchev–Trinajstić information content (AvgIpc) is 2.73. The van der Waals surface area contributed by atoms with E-state index < -0.39 is 5.60 Å². The summed E-state index contributed by atoms with van der Waals surface area (Å²) in [4.78, 5) is 33.5. The van der Waals surface area contributed by atoms with Crippen LogP contribution in [0, 0.1) is 0 Å². The first kappa shape index (κ1) is 24.2. The number of amides is 2. The van der Waals surface area contributed by atoms with E-state index in [9.17, 15) is 9.59 Å². The molecule has 1 atom stereocenters. The van der Waals surface area contributed by atoms with Gasteiger partial charge in [0.2, 0.25) is 5.91 Å². The summed E-state index contributed by atoms with van der Waals surface area (Å²) in [6.07, 6.45) is 2.07. The van der Waals surface area contributed by atoms with Crippen molar-refractivity contribution in [3.8, 4) is 0 Å². The van der Waals surface area contributed by atoms with Crippen molar-refractivity contribution >= 4 is 12.0 Å². The molecule has 2 amide bonds. The van der Waals surface area contributed by atoms with Crippen LogP contribution in [0.2, 0.25) is 0 Å². The van der Waals surface area contributed by atoms with Crippen LogP contribution in [0.15, 0.2) is 0 Å². The van der Waals surface area contributed by atoms with Crippen LogP contribution in [-0.2, 0) is 19.0 Å². The van der Waals surface area contributed by atoms with Crippen LogP contribution in [0.5, 0.6) is 0 Å². The zero-order chi connectivity index (χ0) is 22.4. The molecule has 0 N–H and O–H groups in total. The van der Waals surface area contributed by atoms with Gasteiger partial charge in [0.25, 0.3) is 0 Å². The van der Waals surface area contributed by atoms with Crippen LogP contribution in [-0.4, -0.2) is 129 Å². The second-order valence-electron chi connectivity index (χ2n) is 9.87. The molecule has 9 nitrogen and oxygen atoms in total. The highest BCUT2D eigenvalue weighted by atomic mass is 16.6. The summed E-state index contributed by atoms with van der Waals surface area (Å²) in [5.74, 6) is 0.0172. The molecule has 3 saturated heterocycles. The van der Waals surface area contributed by atoms with Crippen LogP contribution >= 0.6 is 0 Å². The molecular weight excluding hydrogens is 400 g/mol. The van der Waals surface area contributed by atoms with E-state index in [1.165, 1.54) is 12.8 Å². The van der Waals surface area contributed by atoms with Gasteiger partial charge in [0.05, 0.1) is 25.9 Å². The molecule has 0 spiro atoms. The van der Waals surface area contributed by atoms with Gasteiger partial charge in [0.1, 0.15) is 12.2 Å². The van der Waals surface area contributed by atoms with Crippen molar-refractivity contribution in [2.75, 3.05) is 79.3 Å². The third kappa shape index (κ3) is 7.30. The van der Waals surface area contributed by atoms with Crippen molar-refractivity contribution in [3.63, 3.8) is 0 Å². The molecule has 0 bridgehead atoms. The Morgan fingerprint density at radius 2 is 1.68 bits per heavy atom. The molecule has 31 heavy (non-hydrogen) atoms. The molecule has 3 aliphatic rings. The quantitative estimate of drug-likeness (QED) is 0.628. The van der Waals surface area contributed by atoms with E-state index in [-0.39, 0.29) is 31.3 Å². The normalized spacial score (nSPS) is 25.0. The minimum absolute atomic E-state index is 0.0172. The number of morpholine rings is 1. The minimum atomic E-state index is -0.549. The largest absolute Gasteiger partial charge is 0.444 e. The van der Waals surface area contributed by atoms with E-state index in [1.807, 2.05) is 25.7 Å². The van der Waals surface area contributed by atoms with Crippen LogP contribution in [0.25, 0.3) is 0 Å². The lowest BCUT2D eigenvalue weighted by atomic mass is 10.0. The highest BCUT2D eigenvalue weighted by Crippen LogP contribution is 2.18. The Hall–Kier alpha value is -1.42. The highest BCUT2D eigenvalue weighted by Gasteiger charge is 2.32. The number of carbonyl (C=O) groups excluding carboxylic acids is 2. The topological polar surface area (TPSA) is 74.8 Å². The summed E-state index contributed by atoms with van der Waals surface area (Å²) in [6.45, 7) is 12.9. The molecule has 0 aromatic carbocycles. The zero-order valence-electron chi connectivity index (χ0n) is 19.7. The smallest absolute Gasteiger partial charge is 0.410 e. The molecule has 178 valence electrons. The van der Waals surface area contributed by atoms with E-state index in [0.717, 1.165) is 39.3 Å². The lowest BCUT2D eigenvalue weighted by molar-refractivity contribution is -0.139. The monoisotopic (exact) mass is 440 g/mol. The predicted molar refractivity (Wildman–Crippen MR) is 117 cm³/mol. The van der Waals surface area contributed by atoms with E-state index in [2.05, 4.69) is 16.8 Å². The molecule has 0 aromatic rings. The van der Waals surface area contributed by atoms with Gasteiger partial charge in [-0.15, -0.1) is 0 Å². The lowest BCUT2D eigenvalue weighted by Crippen LogP contribution is -2.55. The first-order valence-electron chi connectivity index (χ1n) is 11.6. The number of piperazine rings is 1. The Morgan fingerprint density at radius 3 is 2.32 bits per heavy atom. The molecule has 0 saturated carbocycles. The first-order chi connectivity index (χ1) is 14.7. The number of carbonyl (C=O) groups is 2. The Bertz CT molecular complexity index is 595. The molecule has 3 aliphatic heterocycles. The number of likely N-dealkylation sites (tertiary alicyclic amines) is 1. The van der Waals surface area contributed by atoms with Crippen LogP contribution in [0.3, 0.4) is 0 Å². The summed E-state index contributed by atoms with van der Waals surface area (Å²) in [7, 11) is 2.18. The lowest BCUT2D eigenvalue weighted by Gasteiger charge is -2.42. The average molecular weight is 441 g/mol.